The summed E-state index contributed by atoms with van der Waals surface area (Å²) < 4.78 is 6.69. The third kappa shape index (κ3) is 6.61. The van der Waals surface area contributed by atoms with Crippen LogP contribution in [-0.2, 0) is 11.3 Å². The Hall–Kier alpha value is -0.640. The molecule has 94 valence electrons. The van der Waals surface area contributed by atoms with Crippen molar-refractivity contribution < 1.29 is 4.74 Å². The molecule has 1 aromatic carbocycles. The molecule has 0 bridgehead atoms. The molecule has 2 nitrogen and oxygen atoms in total. The Bertz CT molecular complexity index is 352. The standard InChI is InChI=1S/C14H20BrNO/c1-3-7-16-9-12(2)10-17-11-13-5-4-6-14(15)8-13/h4-6,8,16H,2-3,7,9-11H2,1H3. The lowest BCUT2D eigenvalue weighted by atomic mass is 10.2. The highest BCUT2D eigenvalue weighted by molar-refractivity contribution is 9.10. The second kappa shape index (κ2) is 8.45. The fraction of sp³-hybridized carbons (Fsp3) is 0.429. The van der Waals surface area contributed by atoms with Crippen LogP contribution in [-0.4, -0.2) is 19.7 Å². The molecule has 0 aliphatic rings. The van der Waals surface area contributed by atoms with Crippen LogP contribution in [0.5, 0.6) is 0 Å². The van der Waals surface area contributed by atoms with E-state index in [1.54, 1.807) is 0 Å². The minimum Gasteiger partial charge on any atom is -0.372 e. The predicted octanol–water partition coefficient (Wildman–Crippen LogP) is 3.52. The van der Waals surface area contributed by atoms with Gasteiger partial charge in [0.05, 0.1) is 13.2 Å². The first-order valence-corrected chi connectivity index (χ1v) is 6.71. The lowest BCUT2D eigenvalue weighted by Crippen LogP contribution is -2.19. The lowest BCUT2D eigenvalue weighted by molar-refractivity contribution is 0.141. The average molecular weight is 298 g/mol. The van der Waals surface area contributed by atoms with Crippen molar-refractivity contribution in [1.29, 1.82) is 0 Å². The minimum absolute atomic E-state index is 0.614. The predicted molar refractivity (Wildman–Crippen MR) is 76.1 cm³/mol. The highest BCUT2D eigenvalue weighted by Gasteiger charge is 1.97. The van der Waals surface area contributed by atoms with Crippen LogP contribution in [0.25, 0.3) is 0 Å². The molecule has 0 unspecified atom stereocenters. The molecule has 0 fully saturated rings. The van der Waals surface area contributed by atoms with E-state index in [1.165, 1.54) is 5.56 Å². The van der Waals surface area contributed by atoms with Gasteiger partial charge in [-0.25, -0.2) is 0 Å². The van der Waals surface area contributed by atoms with Gasteiger partial charge in [-0.1, -0.05) is 41.6 Å². The maximum Gasteiger partial charge on any atom is 0.0721 e. The summed E-state index contributed by atoms with van der Waals surface area (Å²) in [6.07, 6.45) is 1.15. The SMILES string of the molecule is C=C(CNCCC)COCc1cccc(Br)c1. The van der Waals surface area contributed by atoms with Crippen molar-refractivity contribution in [2.75, 3.05) is 19.7 Å². The van der Waals surface area contributed by atoms with Crippen molar-refractivity contribution in [2.45, 2.75) is 20.0 Å². The molecular weight excluding hydrogens is 278 g/mol. The summed E-state index contributed by atoms with van der Waals surface area (Å²) in [4.78, 5) is 0. The Morgan fingerprint density at radius 2 is 2.29 bits per heavy atom. The number of hydrogen-bond donors (Lipinski definition) is 1. The zero-order valence-corrected chi connectivity index (χ0v) is 11.9. The van der Waals surface area contributed by atoms with Crippen molar-refractivity contribution in [3.05, 3.63) is 46.5 Å². The first kappa shape index (κ1) is 14.4. The highest BCUT2D eigenvalue weighted by atomic mass is 79.9. The first-order valence-electron chi connectivity index (χ1n) is 5.92. The average Bonchev–Trinajstić information content (AvgIpc) is 2.29. The Balaban J connectivity index is 2.17. The fourth-order valence-corrected chi connectivity index (χ4v) is 1.88. The molecular formula is C14H20BrNO. The molecule has 17 heavy (non-hydrogen) atoms. The van der Waals surface area contributed by atoms with E-state index in [0.29, 0.717) is 13.2 Å². The molecule has 1 aromatic rings. The number of halogens is 1. The maximum atomic E-state index is 5.61. The molecule has 0 radical (unpaired) electrons. The van der Waals surface area contributed by atoms with Gasteiger partial charge in [-0.2, -0.15) is 0 Å². The van der Waals surface area contributed by atoms with E-state index in [2.05, 4.69) is 46.9 Å². The van der Waals surface area contributed by atoms with E-state index in [1.807, 2.05) is 12.1 Å². The van der Waals surface area contributed by atoms with E-state index in [4.69, 9.17) is 4.74 Å². The Kier molecular flexibility index (Phi) is 7.17. The van der Waals surface area contributed by atoms with Crippen LogP contribution in [0.2, 0.25) is 0 Å². The van der Waals surface area contributed by atoms with Gasteiger partial charge < -0.3 is 10.1 Å². The normalized spacial score (nSPS) is 10.5. The molecule has 0 amide bonds. The van der Waals surface area contributed by atoms with E-state index in [-0.39, 0.29) is 0 Å². The van der Waals surface area contributed by atoms with Gasteiger partial charge in [0.1, 0.15) is 0 Å². The molecule has 0 saturated heterocycles. The molecule has 0 atom stereocenters. The third-order valence-corrected chi connectivity index (χ3v) is 2.76. The van der Waals surface area contributed by atoms with E-state index >= 15 is 0 Å². The molecule has 0 aliphatic carbocycles. The number of ether oxygens (including phenoxy) is 1. The zero-order valence-electron chi connectivity index (χ0n) is 10.3. The molecule has 0 aliphatic heterocycles. The lowest BCUT2D eigenvalue weighted by Gasteiger charge is -2.08. The number of hydrogen-bond acceptors (Lipinski definition) is 2. The summed E-state index contributed by atoms with van der Waals surface area (Å²) in [6.45, 7) is 9.25. The second-order valence-electron chi connectivity index (χ2n) is 4.05. The summed E-state index contributed by atoms with van der Waals surface area (Å²) >= 11 is 3.44. The van der Waals surface area contributed by atoms with Crippen molar-refractivity contribution in [1.82, 2.24) is 5.32 Å². The van der Waals surface area contributed by atoms with Gasteiger partial charge in [0.25, 0.3) is 0 Å². The topological polar surface area (TPSA) is 21.3 Å². The van der Waals surface area contributed by atoms with Crippen molar-refractivity contribution in [2.24, 2.45) is 0 Å². The minimum atomic E-state index is 0.614. The summed E-state index contributed by atoms with van der Waals surface area (Å²) in [7, 11) is 0. The first-order chi connectivity index (χ1) is 8.22. The number of benzene rings is 1. The van der Waals surface area contributed by atoms with Crippen LogP contribution in [0, 0.1) is 0 Å². The summed E-state index contributed by atoms with van der Waals surface area (Å²) in [5.41, 5.74) is 2.27. The Labute approximate surface area is 112 Å². The summed E-state index contributed by atoms with van der Waals surface area (Å²) in [5.74, 6) is 0. The smallest absolute Gasteiger partial charge is 0.0721 e. The highest BCUT2D eigenvalue weighted by Crippen LogP contribution is 2.12. The fourth-order valence-electron chi connectivity index (χ4n) is 1.43. The second-order valence-corrected chi connectivity index (χ2v) is 4.97. The van der Waals surface area contributed by atoms with Crippen molar-refractivity contribution in [3.63, 3.8) is 0 Å². The van der Waals surface area contributed by atoms with Gasteiger partial charge in [0, 0.05) is 11.0 Å². The van der Waals surface area contributed by atoms with Crippen LogP contribution >= 0.6 is 15.9 Å². The molecule has 3 heteroatoms. The van der Waals surface area contributed by atoms with Crippen LogP contribution in [0.3, 0.4) is 0 Å². The molecule has 1 rings (SSSR count). The van der Waals surface area contributed by atoms with Gasteiger partial charge in [-0.3, -0.25) is 0 Å². The van der Waals surface area contributed by atoms with Gasteiger partial charge >= 0.3 is 0 Å². The molecule has 0 saturated carbocycles. The van der Waals surface area contributed by atoms with Crippen molar-refractivity contribution >= 4 is 15.9 Å². The van der Waals surface area contributed by atoms with E-state index < -0.39 is 0 Å². The van der Waals surface area contributed by atoms with Gasteiger partial charge in [-0.05, 0) is 36.2 Å². The largest absolute Gasteiger partial charge is 0.372 e. The molecule has 1 N–H and O–H groups in total. The maximum absolute atomic E-state index is 5.61. The van der Waals surface area contributed by atoms with Crippen LogP contribution in [0.4, 0.5) is 0 Å². The van der Waals surface area contributed by atoms with E-state index in [0.717, 1.165) is 29.6 Å². The zero-order chi connectivity index (χ0) is 12.5. The summed E-state index contributed by atoms with van der Waals surface area (Å²) in [5, 5.41) is 3.31. The van der Waals surface area contributed by atoms with Crippen LogP contribution < -0.4 is 5.32 Å². The van der Waals surface area contributed by atoms with Gasteiger partial charge in [-0.15, -0.1) is 0 Å². The third-order valence-electron chi connectivity index (χ3n) is 2.27. The molecule has 0 aromatic heterocycles. The van der Waals surface area contributed by atoms with Crippen molar-refractivity contribution in [3.8, 4) is 0 Å². The Morgan fingerprint density at radius 1 is 1.47 bits per heavy atom. The monoisotopic (exact) mass is 297 g/mol. The van der Waals surface area contributed by atoms with Gasteiger partial charge in [0.15, 0.2) is 0 Å². The van der Waals surface area contributed by atoms with Crippen LogP contribution in [0.15, 0.2) is 40.9 Å². The molecule has 0 spiro atoms. The Morgan fingerprint density at radius 3 is 3.00 bits per heavy atom. The van der Waals surface area contributed by atoms with E-state index in [9.17, 15) is 0 Å². The van der Waals surface area contributed by atoms with Gasteiger partial charge in [0.2, 0.25) is 0 Å². The summed E-state index contributed by atoms with van der Waals surface area (Å²) in [6, 6.07) is 8.15. The molecule has 0 heterocycles. The number of rotatable bonds is 8. The van der Waals surface area contributed by atoms with Crippen LogP contribution in [0.1, 0.15) is 18.9 Å². The quantitative estimate of drug-likeness (QED) is 0.585. The number of nitrogens with one attached hydrogen (secondary N) is 1.